The molecule has 6 nitrogen and oxygen atoms in total. The van der Waals surface area contributed by atoms with E-state index >= 15 is 0 Å². The molecule has 0 radical (unpaired) electrons. The zero-order valence-corrected chi connectivity index (χ0v) is 22.1. The van der Waals surface area contributed by atoms with Gasteiger partial charge in [0.05, 0.1) is 7.11 Å². The van der Waals surface area contributed by atoms with Gasteiger partial charge >= 0.3 is 0 Å². The lowest BCUT2D eigenvalue weighted by Gasteiger charge is -2.35. The summed E-state index contributed by atoms with van der Waals surface area (Å²) in [7, 11) is 1.66. The molecule has 0 saturated heterocycles. The van der Waals surface area contributed by atoms with Gasteiger partial charge < -0.3 is 29.9 Å². The van der Waals surface area contributed by atoms with E-state index in [9.17, 15) is 10.2 Å². The molecule has 0 bridgehead atoms. The summed E-state index contributed by atoms with van der Waals surface area (Å²) in [6.45, 7) is 6.99. The molecule has 196 valence electrons. The lowest BCUT2D eigenvalue weighted by Crippen LogP contribution is -2.40. The number of halogens is 1. The van der Waals surface area contributed by atoms with Gasteiger partial charge in [-0.3, -0.25) is 0 Å². The average Bonchev–Trinajstić information content (AvgIpc) is 2.85. The molecule has 0 spiro atoms. The number of methoxy groups -OCH3 is 1. The number of benzene rings is 2. The molecule has 3 rings (SSSR count). The molecular weight excluding hydrogens is 464 g/mol. The fourth-order valence-corrected chi connectivity index (χ4v) is 4.85. The SMILES string of the molecule is CCCN(CCCCCCNCCOc1ccccc1OC)[C@@H]1CCc2cc(O)c(O)cc2C1.Cl. The van der Waals surface area contributed by atoms with Crippen molar-refractivity contribution >= 4 is 12.4 Å². The first-order valence-electron chi connectivity index (χ1n) is 12.9. The number of nitrogens with zero attached hydrogens (tertiary/aromatic N) is 1. The van der Waals surface area contributed by atoms with Gasteiger partial charge in [-0.25, -0.2) is 0 Å². The summed E-state index contributed by atoms with van der Waals surface area (Å²) in [4.78, 5) is 2.64. The number of aryl methyl sites for hydroxylation is 1. The third kappa shape index (κ3) is 9.10. The van der Waals surface area contributed by atoms with Gasteiger partial charge in [-0.1, -0.05) is 31.9 Å². The zero-order valence-electron chi connectivity index (χ0n) is 21.3. The maximum Gasteiger partial charge on any atom is 0.161 e. The van der Waals surface area contributed by atoms with Gasteiger partial charge in [0.15, 0.2) is 23.0 Å². The van der Waals surface area contributed by atoms with Gasteiger partial charge in [-0.15, -0.1) is 12.4 Å². The number of aromatic hydroxyl groups is 2. The van der Waals surface area contributed by atoms with Crippen LogP contribution < -0.4 is 14.8 Å². The summed E-state index contributed by atoms with van der Waals surface area (Å²) in [5, 5.41) is 23.1. The summed E-state index contributed by atoms with van der Waals surface area (Å²) < 4.78 is 11.1. The van der Waals surface area contributed by atoms with Crippen LogP contribution in [0, 0.1) is 0 Å². The molecule has 1 atom stereocenters. The number of phenolic OH excluding ortho intramolecular Hbond substituents is 2. The molecule has 0 heterocycles. The van der Waals surface area contributed by atoms with Crippen molar-refractivity contribution < 1.29 is 19.7 Å². The minimum Gasteiger partial charge on any atom is -0.504 e. The Kier molecular flexibility index (Phi) is 13.1. The minimum atomic E-state index is 0. The third-order valence-electron chi connectivity index (χ3n) is 6.68. The number of para-hydroxylation sites is 2. The maximum absolute atomic E-state index is 9.89. The van der Waals surface area contributed by atoms with Crippen molar-refractivity contribution in [1.82, 2.24) is 10.2 Å². The highest BCUT2D eigenvalue weighted by Gasteiger charge is 2.24. The van der Waals surface area contributed by atoms with Gasteiger partial charge in [0.1, 0.15) is 6.61 Å². The van der Waals surface area contributed by atoms with Crippen LogP contribution in [0.5, 0.6) is 23.0 Å². The van der Waals surface area contributed by atoms with E-state index in [0.717, 1.165) is 63.4 Å². The molecule has 2 aromatic carbocycles. The van der Waals surface area contributed by atoms with Crippen molar-refractivity contribution in [2.75, 3.05) is 39.9 Å². The van der Waals surface area contributed by atoms with E-state index in [4.69, 9.17) is 9.47 Å². The fraction of sp³-hybridized carbons (Fsp3) is 0.571. The van der Waals surface area contributed by atoms with Crippen LogP contribution in [0.1, 0.15) is 56.6 Å². The Morgan fingerprint density at radius 2 is 1.66 bits per heavy atom. The Hall–Kier alpha value is -2.15. The summed E-state index contributed by atoms with van der Waals surface area (Å²) in [5.74, 6) is 1.57. The number of rotatable bonds is 15. The molecule has 2 aromatic rings. The molecule has 0 aromatic heterocycles. The van der Waals surface area contributed by atoms with Gasteiger partial charge in [0.2, 0.25) is 0 Å². The maximum atomic E-state index is 9.89. The van der Waals surface area contributed by atoms with Crippen LogP contribution in [0.4, 0.5) is 0 Å². The van der Waals surface area contributed by atoms with Crippen LogP contribution in [-0.4, -0.2) is 61.1 Å². The molecule has 35 heavy (non-hydrogen) atoms. The molecule has 1 aliphatic carbocycles. The minimum absolute atomic E-state index is 0. The summed E-state index contributed by atoms with van der Waals surface area (Å²) >= 11 is 0. The lowest BCUT2D eigenvalue weighted by molar-refractivity contribution is 0.175. The van der Waals surface area contributed by atoms with Gasteiger partial charge in [0.25, 0.3) is 0 Å². The van der Waals surface area contributed by atoms with Crippen LogP contribution in [-0.2, 0) is 12.8 Å². The largest absolute Gasteiger partial charge is 0.504 e. The zero-order chi connectivity index (χ0) is 24.2. The number of ether oxygens (including phenoxy) is 2. The van der Waals surface area contributed by atoms with Gasteiger partial charge in [-0.05, 0) is 93.6 Å². The predicted octanol–water partition coefficient (Wildman–Crippen LogP) is 5.33. The van der Waals surface area contributed by atoms with Crippen molar-refractivity contribution in [2.24, 2.45) is 0 Å². The Balaban J connectivity index is 0.00000432. The first kappa shape index (κ1) is 29.1. The molecule has 0 unspecified atom stereocenters. The molecule has 3 N–H and O–H groups in total. The van der Waals surface area contributed by atoms with Crippen molar-refractivity contribution in [3.8, 4) is 23.0 Å². The van der Waals surface area contributed by atoms with Gasteiger partial charge in [-0.2, -0.15) is 0 Å². The monoisotopic (exact) mass is 506 g/mol. The standard InChI is InChI=1S/C28H42N2O4.ClH/c1-3-16-30(24-13-12-22-20-25(31)26(32)21-23(22)19-24)17-9-5-4-8-14-29-15-18-34-28-11-7-6-10-27(28)33-2;/h6-7,10-11,20-21,24,29,31-32H,3-5,8-9,12-19H2,1-2H3;1H/t24-;/m1./s1. The Bertz CT molecular complexity index is 880. The van der Waals surface area contributed by atoms with Crippen LogP contribution in [0.15, 0.2) is 36.4 Å². The van der Waals surface area contributed by atoms with Crippen molar-refractivity contribution in [2.45, 2.75) is 64.3 Å². The van der Waals surface area contributed by atoms with Crippen LogP contribution in [0.3, 0.4) is 0 Å². The Labute approximate surface area is 217 Å². The quantitative estimate of drug-likeness (QED) is 0.224. The van der Waals surface area contributed by atoms with Crippen molar-refractivity contribution in [3.63, 3.8) is 0 Å². The van der Waals surface area contributed by atoms with E-state index in [0.29, 0.717) is 12.6 Å². The number of phenols is 2. The molecule has 0 saturated carbocycles. The Morgan fingerprint density at radius 3 is 2.40 bits per heavy atom. The van der Waals surface area contributed by atoms with Crippen molar-refractivity contribution in [3.05, 3.63) is 47.5 Å². The average molecular weight is 507 g/mol. The second kappa shape index (κ2) is 15.8. The second-order valence-corrected chi connectivity index (χ2v) is 9.21. The third-order valence-corrected chi connectivity index (χ3v) is 6.68. The molecular formula is C28H43ClN2O4. The highest BCUT2D eigenvalue weighted by Crippen LogP contribution is 2.34. The number of hydrogen-bond donors (Lipinski definition) is 3. The van der Waals surface area contributed by atoms with Crippen LogP contribution in [0.2, 0.25) is 0 Å². The normalized spacial score (nSPS) is 14.9. The first-order valence-corrected chi connectivity index (χ1v) is 12.9. The highest BCUT2D eigenvalue weighted by atomic mass is 35.5. The van der Waals surface area contributed by atoms with Crippen LogP contribution in [0.25, 0.3) is 0 Å². The molecule has 0 fully saturated rings. The summed E-state index contributed by atoms with van der Waals surface area (Å²) in [6.07, 6.45) is 9.11. The highest BCUT2D eigenvalue weighted by molar-refractivity contribution is 5.85. The molecule has 0 aliphatic heterocycles. The molecule has 7 heteroatoms. The van der Waals surface area contributed by atoms with E-state index in [1.807, 2.05) is 24.3 Å². The van der Waals surface area contributed by atoms with E-state index in [-0.39, 0.29) is 23.9 Å². The van der Waals surface area contributed by atoms with E-state index in [1.54, 1.807) is 19.2 Å². The number of fused-ring (bicyclic) bond motifs is 1. The topological polar surface area (TPSA) is 74.2 Å². The summed E-state index contributed by atoms with van der Waals surface area (Å²) in [6, 6.07) is 11.8. The predicted molar refractivity (Wildman–Crippen MR) is 145 cm³/mol. The van der Waals surface area contributed by atoms with Gasteiger partial charge in [0, 0.05) is 12.6 Å². The lowest BCUT2D eigenvalue weighted by atomic mass is 9.87. The number of hydrogen-bond acceptors (Lipinski definition) is 6. The number of nitrogens with one attached hydrogen (secondary N) is 1. The van der Waals surface area contributed by atoms with E-state index in [2.05, 4.69) is 17.1 Å². The fourth-order valence-electron chi connectivity index (χ4n) is 4.85. The summed E-state index contributed by atoms with van der Waals surface area (Å²) in [5.41, 5.74) is 2.37. The second-order valence-electron chi connectivity index (χ2n) is 9.21. The first-order chi connectivity index (χ1) is 16.6. The van der Waals surface area contributed by atoms with E-state index < -0.39 is 0 Å². The molecule has 0 amide bonds. The van der Waals surface area contributed by atoms with E-state index in [1.165, 1.54) is 36.8 Å². The Morgan fingerprint density at radius 1 is 0.943 bits per heavy atom. The van der Waals surface area contributed by atoms with Crippen molar-refractivity contribution in [1.29, 1.82) is 0 Å². The van der Waals surface area contributed by atoms with Crippen LogP contribution >= 0.6 is 12.4 Å². The molecule has 1 aliphatic rings. The number of unbranched alkanes of at least 4 members (excludes halogenated alkanes) is 3. The smallest absolute Gasteiger partial charge is 0.161 e.